The summed E-state index contributed by atoms with van der Waals surface area (Å²) in [5.74, 6) is 0.107. The number of ether oxygens (including phenoxy) is 1. The normalized spacial score (nSPS) is 19.5. The van der Waals surface area contributed by atoms with E-state index in [9.17, 15) is 4.79 Å². The van der Waals surface area contributed by atoms with Crippen molar-refractivity contribution in [1.29, 1.82) is 0 Å². The number of hydrogen-bond donors (Lipinski definition) is 0. The number of hydrogen-bond acceptors (Lipinski definition) is 2. The predicted octanol–water partition coefficient (Wildman–Crippen LogP) is 2.93. The third-order valence-corrected chi connectivity index (χ3v) is 4.18. The second-order valence-electron chi connectivity index (χ2n) is 5.50. The van der Waals surface area contributed by atoms with Crippen LogP contribution in [0.1, 0.15) is 37.7 Å². The van der Waals surface area contributed by atoms with Gasteiger partial charge in [0.15, 0.2) is 0 Å². The molecule has 1 aliphatic heterocycles. The molecule has 1 aliphatic carbocycles. The lowest BCUT2D eigenvalue weighted by Gasteiger charge is -2.23. The zero-order chi connectivity index (χ0) is 13.1. The van der Waals surface area contributed by atoms with E-state index in [4.69, 9.17) is 4.74 Å². The van der Waals surface area contributed by atoms with Crippen molar-refractivity contribution in [3.05, 3.63) is 29.8 Å². The molecule has 0 bridgehead atoms. The molecule has 0 atom stereocenters. The minimum absolute atomic E-state index is 0.107. The summed E-state index contributed by atoms with van der Waals surface area (Å²) in [4.78, 5) is 14.1. The summed E-state index contributed by atoms with van der Waals surface area (Å²) in [6.07, 6.45) is 7.29. The van der Waals surface area contributed by atoms with Gasteiger partial charge in [-0.05, 0) is 30.9 Å². The quantitative estimate of drug-likeness (QED) is 0.835. The maximum absolute atomic E-state index is 12.3. The van der Waals surface area contributed by atoms with Crippen molar-refractivity contribution in [1.82, 2.24) is 0 Å². The van der Waals surface area contributed by atoms with E-state index in [0.29, 0.717) is 6.10 Å². The lowest BCUT2D eigenvalue weighted by Crippen LogP contribution is -2.34. The Morgan fingerprint density at radius 1 is 1.21 bits per heavy atom. The Hall–Kier alpha value is -1.35. The van der Waals surface area contributed by atoms with E-state index in [2.05, 4.69) is 6.07 Å². The zero-order valence-corrected chi connectivity index (χ0v) is 11.3. The fourth-order valence-corrected chi connectivity index (χ4v) is 3.10. The van der Waals surface area contributed by atoms with Crippen LogP contribution in [0.25, 0.3) is 0 Å². The highest BCUT2D eigenvalue weighted by molar-refractivity contribution is 5.96. The summed E-state index contributed by atoms with van der Waals surface area (Å²) in [5, 5.41) is 0. The number of amides is 1. The molecule has 1 saturated carbocycles. The second kappa shape index (κ2) is 5.74. The first-order valence-electron chi connectivity index (χ1n) is 7.34. The summed E-state index contributed by atoms with van der Waals surface area (Å²) < 4.78 is 5.78. The van der Waals surface area contributed by atoms with E-state index < -0.39 is 0 Å². The number of benzene rings is 1. The molecule has 0 aromatic heterocycles. The van der Waals surface area contributed by atoms with Crippen molar-refractivity contribution in [2.24, 2.45) is 0 Å². The van der Waals surface area contributed by atoms with Gasteiger partial charge in [-0.1, -0.05) is 37.5 Å². The summed E-state index contributed by atoms with van der Waals surface area (Å²) >= 11 is 0. The first kappa shape index (κ1) is 12.7. The molecular weight excluding hydrogens is 238 g/mol. The highest BCUT2D eigenvalue weighted by atomic mass is 16.5. The fourth-order valence-electron chi connectivity index (χ4n) is 3.10. The van der Waals surface area contributed by atoms with Crippen molar-refractivity contribution < 1.29 is 9.53 Å². The van der Waals surface area contributed by atoms with Gasteiger partial charge >= 0.3 is 0 Å². The summed E-state index contributed by atoms with van der Waals surface area (Å²) in [7, 11) is 0. The third kappa shape index (κ3) is 2.81. The van der Waals surface area contributed by atoms with Crippen molar-refractivity contribution in [3.8, 4) is 0 Å². The maximum Gasteiger partial charge on any atom is 0.253 e. The van der Waals surface area contributed by atoms with Gasteiger partial charge in [0.05, 0.1) is 6.10 Å². The number of nitrogens with zero attached hydrogens (tertiary/aromatic N) is 1. The molecule has 1 amide bonds. The van der Waals surface area contributed by atoms with E-state index in [1.165, 1.54) is 24.8 Å². The molecule has 0 unspecified atom stereocenters. The number of para-hydroxylation sites is 1. The van der Waals surface area contributed by atoms with Gasteiger partial charge < -0.3 is 9.64 Å². The zero-order valence-electron chi connectivity index (χ0n) is 11.3. The van der Waals surface area contributed by atoms with Crippen LogP contribution in [0.3, 0.4) is 0 Å². The number of rotatable bonds is 3. The topological polar surface area (TPSA) is 29.5 Å². The van der Waals surface area contributed by atoms with Crippen LogP contribution in [-0.2, 0) is 16.0 Å². The van der Waals surface area contributed by atoms with E-state index in [1.54, 1.807) is 0 Å². The van der Waals surface area contributed by atoms with Crippen molar-refractivity contribution >= 4 is 11.6 Å². The number of anilines is 1. The molecule has 1 fully saturated rings. The van der Waals surface area contributed by atoms with Gasteiger partial charge in [-0.2, -0.15) is 0 Å². The van der Waals surface area contributed by atoms with Gasteiger partial charge in [0.1, 0.15) is 6.61 Å². The molecule has 19 heavy (non-hydrogen) atoms. The highest BCUT2D eigenvalue weighted by Gasteiger charge is 2.25. The van der Waals surface area contributed by atoms with Crippen LogP contribution in [0.4, 0.5) is 5.69 Å². The molecule has 1 aromatic carbocycles. The monoisotopic (exact) mass is 259 g/mol. The lowest BCUT2D eigenvalue weighted by molar-refractivity contribution is -0.125. The minimum Gasteiger partial charge on any atom is -0.368 e. The standard InChI is InChI=1S/C16H21NO2/c18-16(12-19-14-7-2-1-3-8-14)17-11-10-13-6-4-5-9-15(13)17/h4-6,9,14H,1-3,7-8,10-12H2. The van der Waals surface area contributed by atoms with Crippen LogP contribution >= 0.6 is 0 Å². The summed E-state index contributed by atoms with van der Waals surface area (Å²) in [5.41, 5.74) is 2.34. The van der Waals surface area contributed by atoms with Gasteiger partial charge in [0, 0.05) is 12.2 Å². The maximum atomic E-state index is 12.3. The number of carbonyl (C=O) groups is 1. The molecule has 3 nitrogen and oxygen atoms in total. The van der Waals surface area contributed by atoms with E-state index in [1.807, 2.05) is 23.1 Å². The first-order chi connectivity index (χ1) is 9.34. The van der Waals surface area contributed by atoms with Gasteiger partial charge in [0.2, 0.25) is 0 Å². The number of carbonyl (C=O) groups excluding carboxylic acids is 1. The van der Waals surface area contributed by atoms with E-state index in [-0.39, 0.29) is 12.5 Å². The Morgan fingerprint density at radius 2 is 2.00 bits per heavy atom. The Bertz CT molecular complexity index is 452. The minimum atomic E-state index is 0.107. The lowest BCUT2D eigenvalue weighted by atomic mass is 9.98. The van der Waals surface area contributed by atoms with Gasteiger partial charge in [0.25, 0.3) is 5.91 Å². The number of fused-ring (bicyclic) bond motifs is 1. The highest BCUT2D eigenvalue weighted by Crippen LogP contribution is 2.27. The van der Waals surface area contributed by atoms with E-state index in [0.717, 1.165) is 31.5 Å². The van der Waals surface area contributed by atoms with Crippen LogP contribution in [0.2, 0.25) is 0 Å². The molecule has 0 spiro atoms. The molecule has 0 radical (unpaired) electrons. The molecule has 0 N–H and O–H groups in total. The van der Waals surface area contributed by atoms with Crippen molar-refractivity contribution in [2.75, 3.05) is 18.1 Å². The van der Waals surface area contributed by atoms with Crippen LogP contribution in [0, 0.1) is 0 Å². The summed E-state index contributed by atoms with van der Waals surface area (Å²) in [6, 6.07) is 8.16. The van der Waals surface area contributed by atoms with Gasteiger partial charge in [-0.3, -0.25) is 4.79 Å². The van der Waals surface area contributed by atoms with Crippen LogP contribution in [0.15, 0.2) is 24.3 Å². The Labute approximate surface area is 114 Å². The van der Waals surface area contributed by atoms with Gasteiger partial charge in [-0.25, -0.2) is 0 Å². The molecule has 3 heteroatoms. The third-order valence-electron chi connectivity index (χ3n) is 4.18. The molecule has 102 valence electrons. The molecule has 2 aliphatic rings. The fraction of sp³-hybridized carbons (Fsp3) is 0.562. The second-order valence-corrected chi connectivity index (χ2v) is 5.50. The van der Waals surface area contributed by atoms with Crippen LogP contribution in [0.5, 0.6) is 0 Å². The predicted molar refractivity (Wildman–Crippen MR) is 75.3 cm³/mol. The molecule has 3 rings (SSSR count). The smallest absolute Gasteiger partial charge is 0.253 e. The first-order valence-corrected chi connectivity index (χ1v) is 7.34. The van der Waals surface area contributed by atoms with Gasteiger partial charge in [-0.15, -0.1) is 0 Å². The average molecular weight is 259 g/mol. The van der Waals surface area contributed by atoms with Crippen molar-refractivity contribution in [2.45, 2.75) is 44.6 Å². The molecular formula is C16H21NO2. The van der Waals surface area contributed by atoms with Crippen LogP contribution in [-0.4, -0.2) is 25.2 Å². The van der Waals surface area contributed by atoms with Crippen LogP contribution < -0.4 is 4.90 Å². The van der Waals surface area contributed by atoms with Crippen molar-refractivity contribution in [3.63, 3.8) is 0 Å². The van der Waals surface area contributed by atoms with E-state index >= 15 is 0 Å². The largest absolute Gasteiger partial charge is 0.368 e. The Kier molecular flexibility index (Phi) is 3.83. The summed E-state index contributed by atoms with van der Waals surface area (Å²) in [6.45, 7) is 1.03. The molecule has 0 saturated heterocycles. The SMILES string of the molecule is O=C(COC1CCCCC1)N1CCc2ccccc21. The Morgan fingerprint density at radius 3 is 2.84 bits per heavy atom. The Balaban J connectivity index is 1.56. The molecule has 1 heterocycles. The average Bonchev–Trinajstić information content (AvgIpc) is 2.90. The molecule has 1 aromatic rings.